The quantitative estimate of drug-likeness (QED) is 0.655. The molecule has 1 fully saturated rings. The van der Waals surface area contributed by atoms with Gasteiger partial charge >= 0.3 is 0 Å². The first-order valence-corrected chi connectivity index (χ1v) is 6.72. The van der Waals surface area contributed by atoms with E-state index in [2.05, 4.69) is 24.5 Å². The van der Waals surface area contributed by atoms with E-state index >= 15 is 0 Å². The number of halogens is 1. The van der Waals surface area contributed by atoms with E-state index in [1.54, 1.807) is 0 Å². The Bertz CT molecular complexity index is 231. The van der Waals surface area contributed by atoms with Gasteiger partial charge in [0.15, 0.2) is 0 Å². The molecule has 4 nitrogen and oxygen atoms in total. The predicted molar refractivity (Wildman–Crippen MR) is 75.9 cm³/mol. The van der Waals surface area contributed by atoms with Gasteiger partial charge in [-0.05, 0) is 37.6 Å². The van der Waals surface area contributed by atoms with Gasteiger partial charge in [0, 0.05) is 19.7 Å². The van der Waals surface area contributed by atoms with Crippen molar-refractivity contribution < 1.29 is 9.90 Å². The summed E-state index contributed by atoms with van der Waals surface area (Å²) < 4.78 is 0. The van der Waals surface area contributed by atoms with Crippen molar-refractivity contribution >= 4 is 18.3 Å². The van der Waals surface area contributed by atoms with Gasteiger partial charge in [0.25, 0.3) is 0 Å². The second kappa shape index (κ2) is 9.59. The summed E-state index contributed by atoms with van der Waals surface area (Å²) in [6, 6.07) is 0. The van der Waals surface area contributed by atoms with E-state index in [0.29, 0.717) is 18.4 Å². The van der Waals surface area contributed by atoms with Gasteiger partial charge in [-0.1, -0.05) is 13.8 Å². The largest absolute Gasteiger partial charge is 0.396 e. The summed E-state index contributed by atoms with van der Waals surface area (Å²) in [5.41, 5.74) is 0. The van der Waals surface area contributed by atoms with Crippen LogP contribution in [-0.4, -0.2) is 37.3 Å². The summed E-state index contributed by atoms with van der Waals surface area (Å²) in [5, 5.41) is 15.2. The molecule has 2 unspecified atom stereocenters. The number of carbonyl (C=O) groups excluding carboxylic acids is 1. The molecule has 108 valence electrons. The molecule has 0 aliphatic carbocycles. The zero-order valence-electron chi connectivity index (χ0n) is 11.4. The van der Waals surface area contributed by atoms with Crippen LogP contribution in [0.1, 0.15) is 33.1 Å². The summed E-state index contributed by atoms with van der Waals surface area (Å²) in [6.45, 7) is 7.01. The van der Waals surface area contributed by atoms with E-state index in [1.165, 1.54) is 0 Å². The Morgan fingerprint density at radius 2 is 2.22 bits per heavy atom. The maximum Gasteiger partial charge on any atom is 0.224 e. The summed E-state index contributed by atoms with van der Waals surface area (Å²) in [7, 11) is 0. The molecule has 1 saturated heterocycles. The van der Waals surface area contributed by atoms with Crippen LogP contribution in [0.3, 0.4) is 0 Å². The van der Waals surface area contributed by atoms with Crippen LogP contribution in [0.25, 0.3) is 0 Å². The number of hydrogen-bond donors (Lipinski definition) is 3. The fraction of sp³-hybridized carbons (Fsp3) is 0.923. The standard InChI is InChI=1S/C13H26N2O2.ClH/c1-10(2)7-11(4-6-16)8-15-13(17)12-3-5-14-9-12;/h10-12,14,16H,3-9H2,1-2H3,(H,15,17);1H. The van der Waals surface area contributed by atoms with Crippen molar-refractivity contribution in [2.45, 2.75) is 33.1 Å². The molecule has 0 spiro atoms. The van der Waals surface area contributed by atoms with Gasteiger partial charge in [-0.2, -0.15) is 0 Å². The third kappa shape index (κ3) is 6.57. The predicted octanol–water partition coefficient (Wildman–Crippen LogP) is 1.18. The second-order valence-electron chi connectivity index (χ2n) is 5.44. The van der Waals surface area contributed by atoms with E-state index in [1.807, 2.05) is 0 Å². The zero-order chi connectivity index (χ0) is 12.7. The Kier molecular flexibility index (Phi) is 9.42. The Morgan fingerprint density at radius 1 is 1.50 bits per heavy atom. The van der Waals surface area contributed by atoms with Gasteiger partial charge in [-0.3, -0.25) is 4.79 Å². The SMILES string of the molecule is CC(C)CC(CCO)CNC(=O)C1CCNC1.Cl. The lowest BCUT2D eigenvalue weighted by Crippen LogP contribution is -2.35. The molecule has 1 aliphatic heterocycles. The molecule has 1 aliphatic rings. The lowest BCUT2D eigenvalue weighted by Gasteiger charge is -2.19. The van der Waals surface area contributed by atoms with Gasteiger partial charge in [0.1, 0.15) is 0 Å². The highest BCUT2D eigenvalue weighted by Gasteiger charge is 2.22. The number of rotatable bonds is 7. The minimum Gasteiger partial charge on any atom is -0.396 e. The lowest BCUT2D eigenvalue weighted by atomic mass is 9.94. The van der Waals surface area contributed by atoms with Crippen molar-refractivity contribution in [1.82, 2.24) is 10.6 Å². The van der Waals surface area contributed by atoms with Crippen LogP contribution in [0.5, 0.6) is 0 Å². The third-order valence-corrected chi connectivity index (χ3v) is 3.34. The van der Waals surface area contributed by atoms with Crippen molar-refractivity contribution in [2.24, 2.45) is 17.8 Å². The molecule has 1 rings (SSSR count). The topological polar surface area (TPSA) is 61.4 Å². The number of aliphatic hydroxyl groups is 1. The highest BCUT2D eigenvalue weighted by atomic mass is 35.5. The van der Waals surface area contributed by atoms with Crippen LogP contribution in [0.2, 0.25) is 0 Å². The normalized spacial score (nSPS) is 20.6. The average molecular weight is 279 g/mol. The van der Waals surface area contributed by atoms with Gasteiger partial charge in [-0.15, -0.1) is 12.4 Å². The molecule has 3 N–H and O–H groups in total. The van der Waals surface area contributed by atoms with Gasteiger partial charge < -0.3 is 15.7 Å². The van der Waals surface area contributed by atoms with Crippen LogP contribution in [0.15, 0.2) is 0 Å². The molecule has 18 heavy (non-hydrogen) atoms. The lowest BCUT2D eigenvalue weighted by molar-refractivity contribution is -0.124. The minimum absolute atomic E-state index is 0. The molecule has 2 atom stereocenters. The third-order valence-electron chi connectivity index (χ3n) is 3.34. The summed E-state index contributed by atoms with van der Waals surface area (Å²) in [4.78, 5) is 11.8. The van der Waals surface area contributed by atoms with Crippen LogP contribution in [-0.2, 0) is 4.79 Å². The van der Waals surface area contributed by atoms with Crippen LogP contribution >= 0.6 is 12.4 Å². The number of nitrogens with one attached hydrogen (secondary N) is 2. The van der Waals surface area contributed by atoms with E-state index in [9.17, 15) is 4.79 Å². The monoisotopic (exact) mass is 278 g/mol. The van der Waals surface area contributed by atoms with Gasteiger partial charge in [0.05, 0.1) is 5.92 Å². The fourth-order valence-corrected chi connectivity index (χ4v) is 2.42. The van der Waals surface area contributed by atoms with Crippen LogP contribution < -0.4 is 10.6 Å². The average Bonchev–Trinajstić information content (AvgIpc) is 2.78. The molecule has 0 radical (unpaired) electrons. The van der Waals surface area contributed by atoms with Crippen molar-refractivity contribution in [2.75, 3.05) is 26.2 Å². The summed E-state index contributed by atoms with van der Waals surface area (Å²) >= 11 is 0. The fourth-order valence-electron chi connectivity index (χ4n) is 2.42. The molecule has 0 aromatic heterocycles. The number of hydrogen-bond acceptors (Lipinski definition) is 3. The van der Waals surface area contributed by atoms with E-state index in [4.69, 9.17) is 5.11 Å². The highest BCUT2D eigenvalue weighted by molar-refractivity contribution is 5.85. The Balaban J connectivity index is 0.00000289. The van der Waals surface area contributed by atoms with E-state index in [-0.39, 0.29) is 30.8 Å². The van der Waals surface area contributed by atoms with Gasteiger partial charge in [-0.25, -0.2) is 0 Å². The molecule has 5 heteroatoms. The first kappa shape index (κ1) is 17.7. The maximum atomic E-state index is 11.8. The van der Waals surface area contributed by atoms with Crippen LogP contribution in [0.4, 0.5) is 0 Å². The van der Waals surface area contributed by atoms with Crippen molar-refractivity contribution in [3.05, 3.63) is 0 Å². The second-order valence-corrected chi connectivity index (χ2v) is 5.44. The first-order valence-electron chi connectivity index (χ1n) is 6.72. The Labute approximate surface area is 116 Å². The smallest absolute Gasteiger partial charge is 0.224 e. The molecule has 1 heterocycles. The Hall–Kier alpha value is -0.320. The Morgan fingerprint density at radius 3 is 2.72 bits per heavy atom. The minimum atomic E-state index is 0. The summed E-state index contributed by atoms with van der Waals surface area (Å²) in [5.74, 6) is 1.32. The van der Waals surface area contributed by atoms with Crippen molar-refractivity contribution in [3.63, 3.8) is 0 Å². The van der Waals surface area contributed by atoms with Crippen molar-refractivity contribution in [1.29, 1.82) is 0 Å². The van der Waals surface area contributed by atoms with E-state index in [0.717, 1.165) is 32.4 Å². The molecule has 0 aromatic carbocycles. The highest BCUT2D eigenvalue weighted by Crippen LogP contribution is 2.15. The van der Waals surface area contributed by atoms with Crippen molar-refractivity contribution in [3.8, 4) is 0 Å². The molecule has 0 saturated carbocycles. The van der Waals surface area contributed by atoms with Gasteiger partial charge in [0.2, 0.25) is 5.91 Å². The van der Waals surface area contributed by atoms with E-state index < -0.39 is 0 Å². The molecule has 0 bridgehead atoms. The number of carbonyl (C=O) groups is 1. The summed E-state index contributed by atoms with van der Waals surface area (Å²) in [6.07, 6.45) is 2.78. The molecular weight excluding hydrogens is 252 g/mol. The molecular formula is C13H27ClN2O2. The molecule has 1 amide bonds. The first-order chi connectivity index (χ1) is 8.13. The van der Waals surface area contributed by atoms with Crippen LogP contribution in [0, 0.1) is 17.8 Å². The number of amides is 1. The molecule has 0 aromatic rings. The zero-order valence-corrected chi connectivity index (χ0v) is 12.3. The maximum absolute atomic E-state index is 11.8. The number of aliphatic hydroxyl groups excluding tert-OH is 1.